The van der Waals surface area contributed by atoms with Crippen molar-refractivity contribution in [3.05, 3.63) is 99.9 Å². The molecule has 3 aromatic rings. The van der Waals surface area contributed by atoms with Crippen LogP contribution in [0.3, 0.4) is 0 Å². The average molecular weight is 700 g/mol. The molecule has 0 fully saturated rings. The third-order valence-corrected chi connectivity index (χ3v) is 9.32. The minimum absolute atomic E-state index is 0.0203. The van der Waals surface area contributed by atoms with Crippen LogP contribution in [0.1, 0.15) is 28.3 Å². The van der Waals surface area contributed by atoms with Crippen LogP contribution in [0, 0.1) is 10.1 Å². The molecule has 49 heavy (non-hydrogen) atoms. The van der Waals surface area contributed by atoms with E-state index in [2.05, 4.69) is 15.6 Å². The Kier molecular flexibility index (Phi) is 13.0. The summed E-state index contributed by atoms with van der Waals surface area (Å²) in [5.74, 6) is -0.543. The summed E-state index contributed by atoms with van der Waals surface area (Å²) < 4.78 is 49.4. The zero-order valence-electron chi connectivity index (χ0n) is 26.8. The van der Waals surface area contributed by atoms with Crippen LogP contribution in [0.4, 0.5) is 11.5 Å². The normalized spacial score (nSPS) is 15.9. The van der Waals surface area contributed by atoms with Gasteiger partial charge in [-0.3, -0.25) is 14.9 Å². The van der Waals surface area contributed by atoms with E-state index in [1.165, 1.54) is 50.6 Å². The van der Waals surface area contributed by atoms with Crippen LogP contribution >= 0.6 is 0 Å². The quantitative estimate of drug-likeness (QED) is 0.0802. The number of methoxy groups -OCH3 is 2. The second-order valence-corrected chi connectivity index (χ2v) is 12.5. The van der Waals surface area contributed by atoms with Gasteiger partial charge in [0.2, 0.25) is 16.3 Å². The average Bonchev–Trinajstić information content (AvgIpc) is 3.12. The summed E-state index contributed by atoms with van der Waals surface area (Å²) in [4.78, 5) is 39.4. The molecule has 0 radical (unpaired) electrons. The van der Waals surface area contributed by atoms with Gasteiger partial charge in [0.1, 0.15) is 17.8 Å². The number of benzene rings is 2. The highest BCUT2D eigenvalue weighted by molar-refractivity contribution is 7.89. The van der Waals surface area contributed by atoms with Gasteiger partial charge in [0.15, 0.2) is 5.76 Å². The van der Waals surface area contributed by atoms with Crippen LogP contribution in [0.2, 0.25) is 0 Å². The highest BCUT2D eigenvalue weighted by atomic mass is 32.2. The van der Waals surface area contributed by atoms with Gasteiger partial charge in [0.05, 0.1) is 42.8 Å². The number of hydrogen-bond acceptors (Lipinski definition) is 13. The number of nitrogens with zero attached hydrogens (tertiary/aromatic N) is 3. The molecule has 1 aliphatic heterocycles. The van der Waals surface area contributed by atoms with Gasteiger partial charge < -0.3 is 34.7 Å². The smallest absolute Gasteiger partial charge is 0.337 e. The first-order chi connectivity index (χ1) is 23.5. The fraction of sp³-hybridized carbons (Fsp3) is 0.344. The molecule has 0 aliphatic carbocycles. The maximum Gasteiger partial charge on any atom is 0.337 e. The van der Waals surface area contributed by atoms with Gasteiger partial charge in [-0.2, -0.15) is 4.31 Å². The number of anilines is 1. The summed E-state index contributed by atoms with van der Waals surface area (Å²) in [7, 11) is -1.22. The van der Waals surface area contributed by atoms with Crippen LogP contribution < -0.4 is 15.4 Å². The second-order valence-electron chi connectivity index (χ2n) is 10.5. The first kappa shape index (κ1) is 36.7. The van der Waals surface area contributed by atoms with Crippen LogP contribution in [0.15, 0.2) is 83.6 Å². The van der Waals surface area contributed by atoms with E-state index >= 15 is 0 Å². The van der Waals surface area contributed by atoms with Crippen LogP contribution in [0.25, 0.3) is 0 Å². The molecule has 1 amide bonds. The lowest BCUT2D eigenvalue weighted by Gasteiger charge is -2.30. The minimum Gasteiger partial charge on any atom is -0.497 e. The predicted molar refractivity (Wildman–Crippen MR) is 175 cm³/mol. The topological polar surface area (TPSA) is 209 Å². The number of sulfonamides is 1. The Bertz CT molecular complexity index is 1720. The summed E-state index contributed by atoms with van der Waals surface area (Å²) in [6, 6.07) is 15.3. The zero-order chi connectivity index (χ0) is 35.4. The third kappa shape index (κ3) is 9.96. The van der Waals surface area contributed by atoms with Gasteiger partial charge in [-0.15, -0.1) is 0 Å². The number of aliphatic hydroxyl groups excluding tert-OH is 1. The minimum atomic E-state index is -3.98. The first-order valence-corrected chi connectivity index (χ1v) is 16.6. The number of ether oxygens (including phenoxy) is 4. The van der Waals surface area contributed by atoms with E-state index in [0.717, 1.165) is 16.1 Å². The molecule has 2 heterocycles. The molecule has 0 saturated carbocycles. The molecule has 262 valence electrons. The fourth-order valence-electron chi connectivity index (χ4n) is 4.83. The van der Waals surface area contributed by atoms with E-state index in [0.29, 0.717) is 17.1 Å². The number of aromatic nitrogens is 1. The van der Waals surface area contributed by atoms with Crippen molar-refractivity contribution >= 4 is 33.4 Å². The molecule has 0 bridgehead atoms. The van der Waals surface area contributed by atoms with Crippen molar-refractivity contribution in [2.75, 3.05) is 58.9 Å². The summed E-state index contributed by atoms with van der Waals surface area (Å²) in [5.41, 5.74) is 0.973. The van der Waals surface area contributed by atoms with Crippen LogP contribution in [0.5, 0.6) is 5.75 Å². The fourth-order valence-corrected chi connectivity index (χ4v) is 6.25. The molecule has 2 aromatic carbocycles. The lowest BCUT2D eigenvalue weighted by atomic mass is 9.92. The summed E-state index contributed by atoms with van der Waals surface area (Å²) in [6.45, 7) is -0.403. The first-order valence-electron chi connectivity index (χ1n) is 15.1. The van der Waals surface area contributed by atoms with E-state index < -0.39 is 39.7 Å². The lowest BCUT2D eigenvalue weighted by molar-refractivity contribution is -0.385. The molecule has 1 aliphatic rings. The Balaban J connectivity index is 1.42. The van der Waals surface area contributed by atoms with Gasteiger partial charge in [-0.25, -0.2) is 18.2 Å². The molecule has 0 saturated heterocycles. The molecule has 0 spiro atoms. The summed E-state index contributed by atoms with van der Waals surface area (Å²) >= 11 is 0. The van der Waals surface area contributed by atoms with Crippen LogP contribution in [-0.4, -0.2) is 99.5 Å². The Morgan fingerprint density at radius 2 is 1.80 bits per heavy atom. The van der Waals surface area contributed by atoms with E-state index in [1.54, 1.807) is 30.3 Å². The van der Waals surface area contributed by atoms with Crippen molar-refractivity contribution in [2.24, 2.45) is 0 Å². The lowest BCUT2D eigenvalue weighted by Crippen LogP contribution is -2.38. The van der Waals surface area contributed by atoms with Crippen molar-refractivity contribution in [3.63, 3.8) is 0 Å². The highest BCUT2D eigenvalue weighted by Gasteiger charge is 2.30. The summed E-state index contributed by atoms with van der Waals surface area (Å²) in [5, 5.41) is 26.1. The van der Waals surface area contributed by atoms with Crippen molar-refractivity contribution in [1.29, 1.82) is 0 Å². The second kappa shape index (κ2) is 17.3. The Hall–Kier alpha value is -5.10. The number of nitro groups is 1. The molecule has 1 aromatic heterocycles. The number of esters is 1. The Morgan fingerprint density at radius 1 is 1.06 bits per heavy atom. The summed E-state index contributed by atoms with van der Waals surface area (Å²) in [6.07, 6.45) is 2.09. The standard InChI is InChI=1S/C32H37N5O11S/c1-45-26-8-10-27(11-9-26)49(43,44)36(15-17-38)16-18-47-30-20-24(22-3-5-23(6-4-22)32(40)46-2)19-28(48-30)31(39)34-14-13-33-29-12-7-25(21-35-29)37(41)42/h3-12,19,21,24,30,38H,13-18,20H2,1-2H3,(H,33,35)(H,34,39). The van der Waals surface area contributed by atoms with E-state index in [1.807, 2.05) is 0 Å². The van der Waals surface area contributed by atoms with Crippen molar-refractivity contribution in [1.82, 2.24) is 14.6 Å². The number of hydrogen-bond donors (Lipinski definition) is 3. The number of aliphatic hydroxyl groups is 1. The largest absolute Gasteiger partial charge is 0.497 e. The molecule has 3 N–H and O–H groups in total. The van der Waals surface area contributed by atoms with Gasteiger partial charge in [0.25, 0.3) is 11.6 Å². The monoisotopic (exact) mass is 699 g/mol. The van der Waals surface area contributed by atoms with Crippen LogP contribution in [-0.2, 0) is 29.0 Å². The molecule has 17 heteroatoms. The van der Waals surface area contributed by atoms with Gasteiger partial charge >= 0.3 is 5.97 Å². The molecule has 16 nitrogen and oxygen atoms in total. The molecular weight excluding hydrogens is 662 g/mol. The third-order valence-electron chi connectivity index (χ3n) is 7.41. The Labute approximate surface area is 282 Å². The highest BCUT2D eigenvalue weighted by Crippen LogP contribution is 2.32. The van der Waals surface area contributed by atoms with Crippen molar-refractivity contribution < 1.29 is 47.0 Å². The van der Waals surface area contributed by atoms with E-state index in [-0.39, 0.29) is 61.5 Å². The van der Waals surface area contributed by atoms with Crippen molar-refractivity contribution in [2.45, 2.75) is 23.5 Å². The SMILES string of the molecule is COC(=O)c1ccc(C2C=C(C(=O)NCCNc3ccc([N+](=O)[O-])cn3)OC(OCCN(CCO)S(=O)(=O)c3ccc(OC)cc3)C2)cc1. The number of allylic oxidation sites excluding steroid dienone is 1. The molecule has 4 rings (SSSR count). The number of carbonyl (C=O) groups excluding carboxylic acids is 2. The number of pyridine rings is 1. The molecule has 2 unspecified atom stereocenters. The maximum absolute atomic E-state index is 13.3. The van der Waals surface area contributed by atoms with E-state index in [9.17, 15) is 33.2 Å². The number of amides is 1. The van der Waals surface area contributed by atoms with Gasteiger partial charge in [-0.1, -0.05) is 12.1 Å². The predicted octanol–water partition coefficient (Wildman–Crippen LogP) is 2.43. The molecular formula is C32H37N5O11S. The number of rotatable bonds is 17. The zero-order valence-corrected chi connectivity index (χ0v) is 27.6. The Morgan fingerprint density at radius 3 is 2.41 bits per heavy atom. The maximum atomic E-state index is 13.3. The number of carbonyl (C=O) groups is 2. The van der Waals surface area contributed by atoms with Crippen molar-refractivity contribution in [3.8, 4) is 5.75 Å². The van der Waals surface area contributed by atoms with Gasteiger partial charge in [0, 0.05) is 44.6 Å². The molecule has 2 atom stereocenters. The number of nitrogens with one attached hydrogen (secondary N) is 2. The van der Waals surface area contributed by atoms with Gasteiger partial charge in [-0.05, 0) is 54.1 Å². The van der Waals surface area contributed by atoms with E-state index in [4.69, 9.17) is 18.9 Å².